The Morgan fingerprint density at radius 2 is 0.781 bits per heavy atom. The van der Waals surface area contributed by atoms with Crippen molar-refractivity contribution in [2.75, 3.05) is 0 Å². The quantitative estimate of drug-likeness (QED) is 0.170. The Morgan fingerprint density at radius 1 is 0.370 bits per heavy atom. The van der Waals surface area contributed by atoms with E-state index in [2.05, 4.69) is 152 Å². The highest BCUT2D eigenvalue weighted by Gasteiger charge is 2.35. The molecule has 0 fully saturated rings. The van der Waals surface area contributed by atoms with Crippen molar-refractivity contribution in [3.05, 3.63) is 259 Å². The Labute approximate surface area is 416 Å². The highest BCUT2D eigenvalue weighted by Crippen LogP contribution is 2.44. The second-order valence-electron chi connectivity index (χ2n) is 18.5. The first-order chi connectivity index (χ1) is 35.9. The standard InChI is InChI=1S/C64H41F3N6/c65-64(66,67)54-26-12-7-21-45(54)53-37-42(33-36-52(53)63-69-61(40-17-3-1-4-18-40)68-62(70-63)41-19-5-2-6-20-41)73-59-38-43(71-55-27-13-8-22-46(55)47-23-9-14-28-56(47)71)31-34-50(59)51-35-32-44(39-60(51)73)72-57-29-15-10-24-48(57)49-25-11-16-30-58(49)72/h1-39,63H,(H,68,69,70). The molecule has 73 heavy (non-hydrogen) atoms. The number of nitrogens with zero attached hydrogens (tertiary/aromatic N) is 5. The summed E-state index contributed by atoms with van der Waals surface area (Å²) < 4.78 is 53.0. The predicted octanol–water partition coefficient (Wildman–Crippen LogP) is 16.2. The number of hydrogen-bond acceptors (Lipinski definition) is 3. The summed E-state index contributed by atoms with van der Waals surface area (Å²) >= 11 is 0. The largest absolute Gasteiger partial charge is 0.417 e. The molecule has 0 saturated carbocycles. The Morgan fingerprint density at radius 3 is 1.30 bits per heavy atom. The molecule has 14 rings (SSSR count). The fourth-order valence-corrected chi connectivity index (χ4v) is 11.1. The zero-order valence-corrected chi connectivity index (χ0v) is 39.0. The van der Waals surface area contributed by atoms with Gasteiger partial charge in [-0.05, 0) is 77.9 Å². The number of amidine groups is 2. The molecule has 0 radical (unpaired) electrons. The SMILES string of the molecule is FC(F)(F)c1ccccc1-c1cc(-n2c3cc(-n4c5ccccc5c5ccccc54)ccc3c3ccc(-n4c5ccccc5c5ccccc54)cc32)ccc1C1N=C(c2ccccc2)N=C(c2ccccc2)N1. The van der Waals surface area contributed by atoms with Crippen molar-refractivity contribution in [3.8, 4) is 28.2 Å². The van der Waals surface area contributed by atoms with Crippen molar-refractivity contribution < 1.29 is 13.2 Å². The van der Waals surface area contributed by atoms with Crippen LogP contribution < -0.4 is 5.32 Å². The lowest BCUT2D eigenvalue weighted by Gasteiger charge is -2.26. The highest BCUT2D eigenvalue weighted by atomic mass is 19.4. The van der Waals surface area contributed by atoms with Gasteiger partial charge in [-0.3, -0.25) is 0 Å². The third kappa shape index (κ3) is 6.88. The van der Waals surface area contributed by atoms with Crippen LogP contribution in [0.15, 0.2) is 247 Å². The smallest absolute Gasteiger partial charge is 0.344 e. The van der Waals surface area contributed by atoms with E-state index in [4.69, 9.17) is 9.98 Å². The lowest BCUT2D eigenvalue weighted by atomic mass is 9.92. The van der Waals surface area contributed by atoms with Gasteiger partial charge in [0.1, 0.15) is 12.0 Å². The van der Waals surface area contributed by atoms with Crippen molar-refractivity contribution in [2.45, 2.75) is 12.3 Å². The molecule has 1 N–H and O–H groups in total. The van der Waals surface area contributed by atoms with E-state index in [1.54, 1.807) is 12.1 Å². The van der Waals surface area contributed by atoms with Crippen LogP contribution in [0.5, 0.6) is 0 Å². The Hall–Kier alpha value is -9.47. The van der Waals surface area contributed by atoms with Crippen LogP contribution in [0.3, 0.4) is 0 Å². The highest BCUT2D eigenvalue weighted by molar-refractivity contribution is 6.15. The first-order valence-corrected chi connectivity index (χ1v) is 24.3. The molecule has 1 aliphatic heterocycles. The minimum atomic E-state index is -4.65. The number of halogens is 3. The molecule has 0 aliphatic carbocycles. The summed E-state index contributed by atoms with van der Waals surface area (Å²) in [4.78, 5) is 10.2. The predicted molar refractivity (Wildman–Crippen MR) is 292 cm³/mol. The third-order valence-corrected chi connectivity index (χ3v) is 14.3. The summed E-state index contributed by atoms with van der Waals surface area (Å²) in [5.41, 5.74) is 10.6. The molecule has 0 saturated heterocycles. The molecule has 13 aromatic rings. The van der Waals surface area contributed by atoms with Crippen LogP contribution in [0.2, 0.25) is 0 Å². The summed E-state index contributed by atoms with van der Waals surface area (Å²) in [5, 5.41) is 10.1. The number of aromatic nitrogens is 3. The van der Waals surface area contributed by atoms with Crippen LogP contribution in [0.25, 0.3) is 93.6 Å². The molecule has 1 aliphatic rings. The number of fused-ring (bicyclic) bond motifs is 9. The Balaban J connectivity index is 1.05. The zero-order chi connectivity index (χ0) is 48.8. The average molecular weight is 951 g/mol. The number of para-hydroxylation sites is 4. The second-order valence-corrected chi connectivity index (χ2v) is 18.5. The minimum absolute atomic E-state index is 0.0478. The van der Waals surface area contributed by atoms with E-state index in [0.29, 0.717) is 28.5 Å². The van der Waals surface area contributed by atoms with Crippen LogP contribution in [0, 0.1) is 0 Å². The maximum Gasteiger partial charge on any atom is 0.417 e. The lowest BCUT2D eigenvalue weighted by molar-refractivity contribution is -0.137. The number of hydrogen-bond donors (Lipinski definition) is 1. The molecular formula is C64H41F3N6. The fourth-order valence-electron chi connectivity index (χ4n) is 11.1. The van der Waals surface area contributed by atoms with Crippen LogP contribution in [0.1, 0.15) is 28.4 Å². The number of nitrogens with one attached hydrogen (secondary N) is 1. The summed E-state index contributed by atoms with van der Waals surface area (Å²) in [6.45, 7) is 0. The third-order valence-electron chi connectivity index (χ3n) is 14.3. The molecule has 4 heterocycles. The van der Waals surface area contributed by atoms with Crippen LogP contribution in [-0.2, 0) is 6.18 Å². The molecule has 0 spiro atoms. The van der Waals surface area contributed by atoms with E-state index in [0.717, 1.165) is 94.0 Å². The first-order valence-electron chi connectivity index (χ1n) is 24.3. The van der Waals surface area contributed by atoms with Gasteiger partial charge in [-0.1, -0.05) is 170 Å². The van der Waals surface area contributed by atoms with Gasteiger partial charge in [0.25, 0.3) is 0 Å². The number of aliphatic imine (C=N–C) groups is 2. The van der Waals surface area contributed by atoms with Crippen molar-refractivity contribution >= 4 is 77.1 Å². The maximum absolute atomic E-state index is 15.4. The summed E-state index contributed by atoms with van der Waals surface area (Å²) in [5.74, 6) is 1.04. The van der Waals surface area contributed by atoms with Gasteiger partial charge >= 0.3 is 6.18 Å². The summed E-state index contributed by atoms with van der Waals surface area (Å²) in [7, 11) is 0. The molecule has 1 unspecified atom stereocenters. The molecular weight excluding hydrogens is 910 g/mol. The second kappa shape index (κ2) is 16.6. The number of alkyl halides is 3. The van der Waals surface area contributed by atoms with Crippen molar-refractivity contribution in [1.29, 1.82) is 0 Å². The van der Waals surface area contributed by atoms with Gasteiger partial charge in [0, 0.05) is 66.1 Å². The molecule has 3 aromatic heterocycles. The molecule has 0 amide bonds. The summed E-state index contributed by atoms with van der Waals surface area (Å²) in [6.07, 6.45) is -5.46. The molecule has 9 heteroatoms. The number of rotatable bonds is 7. The van der Waals surface area contributed by atoms with E-state index in [9.17, 15) is 0 Å². The van der Waals surface area contributed by atoms with Crippen LogP contribution in [0.4, 0.5) is 13.2 Å². The number of benzene rings is 10. The van der Waals surface area contributed by atoms with Crippen molar-refractivity contribution in [3.63, 3.8) is 0 Å². The Kier molecular flexibility index (Phi) is 9.63. The molecule has 0 bridgehead atoms. The first kappa shape index (κ1) is 42.4. The van der Waals surface area contributed by atoms with Gasteiger partial charge in [-0.2, -0.15) is 13.2 Å². The van der Waals surface area contributed by atoms with Gasteiger partial charge in [0.2, 0.25) is 0 Å². The zero-order valence-electron chi connectivity index (χ0n) is 39.0. The normalized spacial score (nSPS) is 14.1. The van der Waals surface area contributed by atoms with Gasteiger partial charge < -0.3 is 19.0 Å². The lowest BCUT2D eigenvalue weighted by Crippen LogP contribution is -2.34. The monoisotopic (exact) mass is 950 g/mol. The van der Waals surface area contributed by atoms with Crippen molar-refractivity contribution in [1.82, 2.24) is 19.0 Å². The molecule has 6 nitrogen and oxygen atoms in total. The molecule has 348 valence electrons. The molecule has 10 aromatic carbocycles. The average Bonchev–Trinajstić information content (AvgIpc) is 4.08. The van der Waals surface area contributed by atoms with Crippen molar-refractivity contribution in [2.24, 2.45) is 9.98 Å². The topological polar surface area (TPSA) is 51.5 Å². The molecule has 1 atom stereocenters. The van der Waals surface area contributed by atoms with Gasteiger partial charge in [-0.25, -0.2) is 9.98 Å². The van der Waals surface area contributed by atoms with Crippen LogP contribution in [-0.4, -0.2) is 25.4 Å². The minimum Gasteiger partial charge on any atom is -0.344 e. The van der Waals surface area contributed by atoms with Gasteiger partial charge in [0.15, 0.2) is 5.84 Å². The fraction of sp³-hybridized carbons (Fsp3) is 0.0312. The maximum atomic E-state index is 15.4. The van der Waals surface area contributed by atoms with E-state index in [1.807, 2.05) is 78.9 Å². The van der Waals surface area contributed by atoms with E-state index >= 15 is 13.2 Å². The van der Waals surface area contributed by atoms with Crippen LogP contribution >= 0.6 is 0 Å². The van der Waals surface area contributed by atoms with Gasteiger partial charge in [0.05, 0.1) is 38.7 Å². The van der Waals surface area contributed by atoms with E-state index < -0.39 is 17.9 Å². The summed E-state index contributed by atoms with van der Waals surface area (Å²) in [6, 6.07) is 78.0. The van der Waals surface area contributed by atoms with E-state index in [1.165, 1.54) is 6.07 Å². The van der Waals surface area contributed by atoms with Gasteiger partial charge in [-0.15, -0.1) is 0 Å². The van der Waals surface area contributed by atoms with E-state index in [-0.39, 0.29) is 5.56 Å². The Bertz CT molecular complexity index is 4130.